The average molecular weight is 185 g/mol. The van der Waals surface area contributed by atoms with Crippen LogP contribution in [0.15, 0.2) is 28.7 Å². The Morgan fingerprint density at radius 3 is 2.71 bits per heavy atom. The second-order valence-corrected chi connectivity index (χ2v) is 3.79. The van der Waals surface area contributed by atoms with E-state index in [0.717, 1.165) is 16.7 Å². The van der Waals surface area contributed by atoms with Crippen molar-refractivity contribution < 1.29 is 4.42 Å². The van der Waals surface area contributed by atoms with E-state index in [9.17, 15) is 0 Å². The van der Waals surface area contributed by atoms with Crippen molar-refractivity contribution in [2.24, 2.45) is 0 Å². The van der Waals surface area contributed by atoms with Crippen LogP contribution in [-0.2, 0) is 0 Å². The van der Waals surface area contributed by atoms with Crippen molar-refractivity contribution in [3.05, 3.63) is 35.7 Å². The van der Waals surface area contributed by atoms with Crippen molar-refractivity contribution in [3.63, 3.8) is 0 Å². The standard InChI is InChI=1S/C12H11NO/c1-7-3-9-6-12-10(4-8(2)14-12)5-11(9)13-7/h3-6,13H,1-2H3. The number of aromatic nitrogens is 1. The number of aromatic amines is 1. The van der Waals surface area contributed by atoms with Crippen LogP contribution in [0, 0.1) is 13.8 Å². The lowest BCUT2D eigenvalue weighted by Gasteiger charge is -1.89. The first kappa shape index (κ1) is 7.68. The third-order valence-electron chi connectivity index (χ3n) is 2.52. The highest BCUT2D eigenvalue weighted by atomic mass is 16.3. The summed E-state index contributed by atoms with van der Waals surface area (Å²) in [6.45, 7) is 4.03. The lowest BCUT2D eigenvalue weighted by molar-refractivity contribution is 0.579. The number of benzene rings is 1. The highest BCUT2D eigenvalue weighted by molar-refractivity contribution is 5.94. The molecular formula is C12H11NO. The molecule has 0 radical (unpaired) electrons. The molecule has 1 N–H and O–H groups in total. The predicted molar refractivity (Wildman–Crippen MR) is 57.5 cm³/mol. The Bertz CT molecular complexity index is 513. The molecule has 0 fully saturated rings. The summed E-state index contributed by atoms with van der Waals surface area (Å²) in [6.07, 6.45) is 0. The second-order valence-electron chi connectivity index (χ2n) is 3.79. The Morgan fingerprint density at radius 2 is 1.86 bits per heavy atom. The summed E-state index contributed by atoms with van der Waals surface area (Å²) in [5.74, 6) is 0.962. The fraction of sp³-hybridized carbons (Fsp3) is 0.167. The maximum Gasteiger partial charge on any atom is 0.135 e. The summed E-state index contributed by atoms with van der Waals surface area (Å²) in [6, 6.07) is 8.41. The van der Waals surface area contributed by atoms with Gasteiger partial charge in [-0.15, -0.1) is 0 Å². The second kappa shape index (κ2) is 2.41. The SMILES string of the molecule is Cc1cc2cc3oc(C)cc3cc2[nH]1. The van der Waals surface area contributed by atoms with Crippen LogP contribution < -0.4 is 0 Å². The molecule has 0 spiro atoms. The van der Waals surface area contributed by atoms with E-state index in [1.54, 1.807) is 0 Å². The maximum atomic E-state index is 5.57. The molecule has 0 atom stereocenters. The number of hydrogen-bond acceptors (Lipinski definition) is 1. The van der Waals surface area contributed by atoms with Crippen LogP contribution in [0.5, 0.6) is 0 Å². The fourth-order valence-corrected chi connectivity index (χ4v) is 1.94. The minimum absolute atomic E-state index is 0.962. The smallest absolute Gasteiger partial charge is 0.135 e. The topological polar surface area (TPSA) is 28.9 Å². The number of aryl methyl sites for hydroxylation is 2. The van der Waals surface area contributed by atoms with Gasteiger partial charge in [0.15, 0.2) is 0 Å². The minimum Gasteiger partial charge on any atom is -0.461 e. The molecule has 0 aliphatic rings. The van der Waals surface area contributed by atoms with Crippen molar-refractivity contribution in [1.82, 2.24) is 4.98 Å². The van der Waals surface area contributed by atoms with Crippen LogP contribution in [0.25, 0.3) is 21.9 Å². The van der Waals surface area contributed by atoms with Gasteiger partial charge in [-0.1, -0.05) is 0 Å². The number of nitrogens with one attached hydrogen (secondary N) is 1. The molecule has 0 aliphatic carbocycles. The van der Waals surface area contributed by atoms with Crippen LogP contribution in [-0.4, -0.2) is 4.98 Å². The van der Waals surface area contributed by atoms with Crippen LogP contribution in [0.2, 0.25) is 0 Å². The van der Waals surface area contributed by atoms with Crippen LogP contribution in [0.4, 0.5) is 0 Å². The lowest BCUT2D eigenvalue weighted by atomic mass is 10.2. The van der Waals surface area contributed by atoms with E-state index < -0.39 is 0 Å². The van der Waals surface area contributed by atoms with E-state index in [2.05, 4.69) is 36.2 Å². The largest absolute Gasteiger partial charge is 0.461 e. The molecule has 2 heterocycles. The van der Waals surface area contributed by atoms with E-state index in [1.807, 2.05) is 6.92 Å². The first-order valence-corrected chi connectivity index (χ1v) is 4.72. The van der Waals surface area contributed by atoms with Crippen molar-refractivity contribution in [3.8, 4) is 0 Å². The van der Waals surface area contributed by atoms with Gasteiger partial charge < -0.3 is 9.40 Å². The number of rotatable bonds is 0. The Kier molecular flexibility index (Phi) is 1.32. The van der Waals surface area contributed by atoms with Gasteiger partial charge in [0.1, 0.15) is 11.3 Å². The Morgan fingerprint density at radius 1 is 1.00 bits per heavy atom. The van der Waals surface area contributed by atoms with E-state index in [4.69, 9.17) is 4.42 Å². The molecule has 2 nitrogen and oxygen atoms in total. The zero-order chi connectivity index (χ0) is 9.71. The normalized spacial score (nSPS) is 11.6. The lowest BCUT2D eigenvalue weighted by Crippen LogP contribution is -1.68. The molecule has 70 valence electrons. The number of hydrogen-bond donors (Lipinski definition) is 1. The monoisotopic (exact) mass is 185 g/mol. The van der Waals surface area contributed by atoms with Gasteiger partial charge in [-0.2, -0.15) is 0 Å². The molecule has 0 saturated heterocycles. The predicted octanol–water partition coefficient (Wildman–Crippen LogP) is 3.53. The maximum absolute atomic E-state index is 5.57. The molecule has 2 aromatic heterocycles. The molecule has 0 amide bonds. The summed E-state index contributed by atoms with van der Waals surface area (Å²) in [7, 11) is 0. The van der Waals surface area contributed by atoms with Crippen molar-refractivity contribution in [2.45, 2.75) is 13.8 Å². The summed E-state index contributed by atoms with van der Waals surface area (Å²) in [4.78, 5) is 3.32. The van der Waals surface area contributed by atoms with Crippen molar-refractivity contribution >= 4 is 21.9 Å². The summed E-state index contributed by atoms with van der Waals surface area (Å²) in [5.41, 5.74) is 3.33. The summed E-state index contributed by atoms with van der Waals surface area (Å²) >= 11 is 0. The molecule has 14 heavy (non-hydrogen) atoms. The molecule has 0 bridgehead atoms. The zero-order valence-electron chi connectivity index (χ0n) is 8.22. The third-order valence-corrected chi connectivity index (χ3v) is 2.52. The van der Waals surface area contributed by atoms with Gasteiger partial charge in [-0.3, -0.25) is 0 Å². The average Bonchev–Trinajstić information content (AvgIpc) is 2.59. The third kappa shape index (κ3) is 0.970. The molecule has 0 saturated carbocycles. The molecular weight excluding hydrogens is 174 g/mol. The van der Waals surface area contributed by atoms with Crippen LogP contribution in [0.1, 0.15) is 11.5 Å². The first-order valence-electron chi connectivity index (χ1n) is 4.72. The number of H-pyrrole nitrogens is 1. The Hall–Kier alpha value is -1.70. The van der Waals surface area contributed by atoms with E-state index in [1.165, 1.54) is 16.6 Å². The summed E-state index contributed by atoms with van der Waals surface area (Å²) in [5, 5.41) is 2.38. The molecule has 3 rings (SSSR count). The van der Waals surface area contributed by atoms with Crippen molar-refractivity contribution in [2.75, 3.05) is 0 Å². The Balaban J connectivity index is 2.49. The highest BCUT2D eigenvalue weighted by Crippen LogP contribution is 2.25. The summed E-state index contributed by atoms with van der Waals surface area (Å²) < 4.78 is 5.57. The van der Waals surface area contributed by atoms with Crippen LogP contribution in [0.3, 0.4) is 0 Å². The van der Waals surface area contributed by atoms with Crippen LogP contribution >= 0.6 is 0 Å². The quantitative estimate of drug-likeness (QED) is 0.570. The highest BCUT2D eigenvalue weighted by Gasteiger charge is 2.04. The van der Waals surface area contributed by atoms with Crippen molar-refractivity contribution in [1.29, 1.82) is 0 Å². The first-order chi connectivity index (χ1) is 6.72. The molecule has 3 aromatic rings. The van der Waals surface area contributed by atoms with Gasteiger partial charge in [0.25, 0.3) is 0 Å². The fourth-order valence-electron chi connectivity index (χ4n) is 1.94. The van der Waals surface area contributed by atoms with Gasteiger partial charge in [-0.25, -0.2) is 0 Å². The zero-order valence-corrected chi connectivity index (χ0v) is 8.22. The molecule has 1 aromatic carbocycles. The van der Waals surface area contributed by atoms with Gasteiger partial charge in [0, 0.05) is 22.0 Å². The van der Waals surface area contributed by atoms with E-state index >= 15 is 0 Å². The van der Waals surface area contributed by atoms with Gasteiger partial charge in [0.2, 0.25) is 0 Å². The number of fused-ring (bicyclic) bond motifs is 2. The van der Waals surface area contributed by atoms with E-state index in [0.29, 0.717) is 0 Å². The van der Waals surface area contributed by atoms with E-state index in [-0.39, 0.29) is 0 Å². The number of furan rings is 1. The molecule has 2 heteroatoms. The van der Waals surface area contributed by atoms with Gasteiger partial charge >= 0.3 is 0 Å². The minimum atomic E-state index is 0.962. The van der Waals surface area contributed by atoms with Gasteiger partial charge in [-0.05, 0) is 38.1 Å². The molecule has 0 unspecified atom stereocenters. The molecule has 0 aliphatic heterocycles. The Labute approximate surface area is 81.5 Å². The van der Waals surface area contributed by atoms with Gasteiger partial charge in [0.05, 0.1) is 0 Å².